The Hall–Kier alpha value is -3.12. The van der Waals surface area contributed by atoms with E-state index in [1.54, 1.807) is 23.4 Å². The van der Waals surface area contributed by atoms with Gasteiger partial charge in [-0.05, 0) is 38.8 Å². The summed E-state index contributed by atoms with van der Waals surface area (Å²) in [6, 6.07) is 19.6. The van der Waals surface area contributed by atoms with E-state index >= 15 is 0 Å². The van der Waals surface area contributed by atoms with Crippen LogP contribution in [0.25, 0.3) is 16.9 Å². The predicted octanol–water partition coefficient (Wildman–Crippen LogP) is 5.54. The Morgan fingerprint density at radius 2 is 1.74 bits per heavy atom. The molecule has 2 amide bonds. The molecular weight excluding hydrogens is 448 g/mol. The van der Waals surface area contributed by atoms with Crippen molar-refractivity contribution in [2.24, 2.45) is 11.3 Å². The van der Waals surface area contributed by atoms with Gasteiger partial charge in [0.1, 0.15) is 5.82 Å². The Labute approximate surface area is 206 Å². The molecule has 1 heterocycles. The zero-order valence-corrected chi connectivity index (χ0v) is 21.3. The minimum absolute atomic E-state index is 0.0585. The van der Waals surface area contributed by atoms with Gasteiger partial charge < -0.3 is 10.2 Å². The number of halogens is 1. The molecule has 0 atom stereocenters. The van der Waals surface area contributed by atoms with Gasteiger partial charge in [-0.1, -0.05) is 61.9 Å². The molecule has 0 aliphatic rings. The lowest BCUT2D eigenvalue weighted by atomic mass is 9.94. The smallest absolute Gasteiger partial charge is 0.245 e. The first-order chi connectivity index (χ1) is 16.1. The topological polar surface area (TPSA) is 67.2 Å². The molecule has 1 aromatic heterocycles. The van der Waals surface area contributed by atoms with Gasteiger partial charge in [0.05, 0.1) is 23.3 Å². The lowest BCUT2D eigenvalue weighted by Crippen LogP contribution is -2.47. The highest BCUT2D eigenvalue weighted by molar-refractivity contribution is 6.19. The molecule has 0 bridgehead atoms. The molecule has 3 aromatic rings. The molecule has 7 heteroatoms. The molecule has 34 heavy (non-hydrogen) atoms. The number of anilines is 1. The Morgan fingerprint density at radius 1 is 1.09 bits per heavy atom. The Morgan fingerprint density at radius 3 is 2.32 bits per heavy atom. The van der Waals surface area contributed by atoms with Crippen molar-refractivity contribution in [2.45, 2.75) is 34.6 Å². The fourth-order valence-electron chi connectivity index (χ4n) is 3.60. The fourth-order valence-corrected chi connectivity index (χ4v) is 3.72. The molecular formula is C27H33ClN4O2. The Bertz CT molecular complexity index is 1120. The third kappa shape index (κ3) is 6.26. The minimum Gasteiger partial charge on any atom is -0.333 e. The number of carbonyl (C=O) groups excluding carboxylic acids is 2. The van der Waals surface area contributed by atoms with E-state index in [1.807, 2.05) is 81.4 Å². The molecule has 3 rings (SSSR count). The maximum atomic E-state index is 13.1. The van der Waals surface area contributed by atoms with Crippen molar-refractivity contribution in [1.29, 1.82) is 0 Å². The van der Waals surface area contributed by atoms with E-state index in [1.165, 1.54) is 0 Å². The number of aryl methyl sites for hydroxylation is 1. The molecule has 0 unspecified atom stereocenters. The third-order valence-electron chi connectivity index (χ3n) is 5.45. The van der Waals surface area contributed by atoms with Crippen LogP contribution in [0.1, 0.15) is 33.3 Å². The van der Waals surface area contributed by atoms with Gasteiger partial charge >= 0.3 is 0 Å². The molecule has 0 fully saturated rings. The van der Waals surface area contributed by atoms with Crippen LogP contribution in [0.4, 0.5) is 5.82 Å². The highest BCUT2D eigenvalue weighted by atomic mass is 35.5. The molecule has 0 aliphatic carbocycles. The normalized spacial score (nSPS) is 11.5. The Kier molecular flexibility index (Phi) is 8.15. The summed E-state index contributed by atoms with van der Waals surface area (Å²) in [6.45, 7) is 10.1. The van der Waals surface area contributed by atoms with Crippen LogP contribution in [0.2, 0.25) is 0 Å². The molecule has 2 aromatic carbocycles. The fraction of sp³-hybridized carbons (Fsp3) is 0.370. The van der Waals surface area contributed by atoms with E-state index in [9.17, 15) is 9.59 Å². The van der Waals surface area contributed by atoms with Gasteiger partial charge in [-0.3, -0.25) is 9.59 Å². The van der Waals surface area contributed by atoms with Crippen molar-refractivity contribution in [3.05, 3.63) is 66.2 Å². The summed E-state index contributed by atoms with van der Waals surface area (Å²) in [6.07, 6.45) is 0. The van der Waals surface area contributed by atoms with Gasteiger partial charge in [-0.2, -0.15) is 5.10 Å². The number of hydrogen-bond acceptors (Lipinski definition) is 3. The van der Waals surface area contributed by atoms with Crippen molar-refractivity contribution < 1.29 is 9.59 Å². The van der Waals surface area contributed by atoms with Crippen molar-refractivity contribution in [3.63, 3.8) is 0 Å². The van der Waals surface area contributed by atoms with E-state index in [2.05, 4.69) is 5.32 Å². The van der Waals surface area contributed by atoms with Crippen molar-refractivity contribution in [3.8, 4) is 16.9 Å². The van der Waals surface area contributed by atoms with E-state index < -0.39 is 5.41 Å². The van der Waals surface area contributed by atoms with E-state index in [4.69, 9.17) is 16.7 Å². The molecule has 0 aliphatic heterocycles. The molecule has 0 saturated heterocycles. The van der Waals surface area contributed by atoms with Gasteiger partial charge in [-0.15, -0.1) is 11.6 Å². The molecule has 6 nitrogen and oxygen atoms in total. The second-order valence-electron chi connectivity index (χ2n) is 9.67. The maximum Gasteiger partial charge on any atom is 0.245 e. The summed E-state index contributed by atoms with van der Waals surface area (Å²) in [4.78, 5) is 27.8. The quantitative estimate of drug-likeness (QED) is 0.409. The summed E-state index contributed by atoms with van der Waals surface area (Å²) in [5.41, 5.74) is 2.91. The van der Waals surface area contributed by atoms with Crippen LogP contribution in [0.3, 0.4) is 0 Å². The Balaban J connectivity index is 1.90. The zero-order chi connectivity index (χ0) is 24.9. The summed E-state index contributed by atoms with van der Waals surface area (Å²) in [7, 11) is 0. The van der Waals surface area contributed by atoms with Crippen LogP contribution in [-0.2, 0) is 9.59 Å². The van der Waals surface area contributed by atoms with E-state index in [0.29, 0.717) is 12.4 Å². The van der Waals surface area contributed by atoms with Crippen LogP contribution in [0, 0.1) is 18.3 Å². The zero-order valence-electron chi connectivity index (χ0n) is 20.5. The van der Waals surface area contributed by atoms with Crippen LogP contribution in [0.5, 0.6) is 0 Å². The van der Waals surface area contributed by atoms with Crippen LogP contribution >= 0.6 is 11.6 Å². The first-order valence-corrected chi connectivity index (χ1v) is 12.0. The number of carbonyl (C=O) groups is 2. The first kappa shape index (κ1) is 25.5. The standard InChI is InChI=1S/C27H33ClN4O2/c1-19(2)16-31(26(34)27(4,5)18-28)17-25(33)29-24-15-23(21-9-7-6-8-10-21)30-32(24)22-13-11-20(3)12-14-22/h6-15,19H,16-18H2,1-5H3,(H,29,33). The monoisotopic (exact) mass is 480 g/mol. The van der Waals surface area contributed by atoms with Crippen LogP contribution in [0.15, 0.2) is 60.7 Å². The lowest BCUT2D eigenvalue weighted by molar-refractivity contribution is -0.142. The second-order valence-corrected chi connectivity index (χ2v) is 9.94. The predicted molar refractivity (Wildman–Crippen MR) is 138 cm³/mol. The highest BCUT2D eigenvalue weighted by Gasteiger charge is 2.32. The summed E-state index contributed by atoms with van der Waals surface area (Å²) in [5, 5.41) is 7.73. The van der Waals surface area contributed by atoms with Gasteiger partial charge in [0.2, 0.25) is 11.8 Å². The summed E-state index contributed by atoms with van der Waals surface area (Å²) < 4.78 is 1.72. The number of rotatable bonds is 9. The van der Waals surface area contributed by atoms with Crippen molar-refractivity contribution >= 4 is 29.2 Å². The molecule has 0 saturated carbocycles. The highest BCUT2D eigenvalue weighted by Crippen LogP contribution is 2.26. The molecule has 180 valence electrons. The van der Waals surface area contributed by atoms with Crippen molar-refractivity contribution in [2.75, 3.05) is 24.3 Å². The summed E-state index contributed by atoms with van der Waals surface area (Å²) in [5.74, 6) is 0.519. The molecule has 1 N–H and O–H groups in total. The minimum atomic E-state index is -0.749. The third-order valence-corrected chi connectivity index (χ3v) is 6.11. The van der Waals surface area contributed by atoms with E-state index in [0.717, 1.165) is 22.5 Å². The van der Waals surface area contributed by atoms with Gasteiger partial charge in [-0.25, -0.2) is 4.68 Å². The average molecular weight is 481 g/mol. The average Bonchev–Trinajstić information content (AvgIpc) is 3.22. The largest absolute Gasteiger partial charge is 0.333 e. The van der Waals surface area contributed by atoms with Gasteiger partial charge in [0, 0.05) is 24.1 Å². The van der Waals surface area contributed by atoms with Crippen LogP contribution < -0.4 is 5.32 Å². The maximum absolute atomic E-state index is 13.1. The SMILES string of the molecule is Cc1ccc(-n2nc(-c3ccccc3)cc2NC(=O)CN(CC(C)C)C(=O)C(C)(C)CCl)cc1. The van der Waals surface area contributed by atoms with Crippen LogP contribution in [-0.4, -0.2) is 45.5 Å². The number of benzene rings is 2. The molecule has 0 radical (unpaired) electrons. The number of aromatic nitrogens is 2. The summed E-state index contributed by atoms with van der Waals surface area (Å²) >= 11 is 6.04. The number of amides is 2. The number of hydrogen-bond donors (Lipinski definition) is 1. The van der Waals surface area contributed by atoms with Gasteiger partial charge in [0.15, 0.2) is 0 Å². The second kappa shape index (κ2) is 10.9. The first-order valence-electron chi connectivity index (χ1n) is 11.5. The molecule has 0 spiro atoms. The van der Waals surface area contributed by atoms with Crippen molar-refractivity contribution in [1.82, 2.24) is 14.7 Å². The lowest BCUT2D eigenvalue weighted by Gasteiger charge is -2.31. The van der Waals surface area contributed by atoms with E-state index in [-0.39, 0.29) is 30.2 Å². The number of nitrogens with zero attached hydrogens (tertiary/aromatic N) is 3. The number of alkyl halides is 1. The number of nitrogens with one attached hydrogen (secondary N) is 1. The van der Waals surface area contributed by atoms with Gasteiger partial charge in [0.25, 0.3) is 0 Å².